The fraction of sp³-hybridized carbons (Fsp3) is 0.542. The Bertz CT molecular complexity index is 1110. The lowest BCUT2D eigenvalue weighted by atomic mass is 10.0. The fourth-order valence-electron chi connectivity index (χ4n) is 4.48. The number of rotatable bonds is 3. The van der Waals surface area contributed by atoms with Crippen molar-refractivity contribution in [1.29, 1.82) is 0 Å². The van der Waals surface area contributed by atoms with E-state index in [0.29, 0.717) is 49.4 Å². The lowest BCUT2D eigenvalue weighted by Crippen LogP contribution is -2.47. The Labute approximate surface area is 195 Å². The summed E-state index contributed by atoms with van der Waals surface area (Å²) in [5.41, 5.74) is 0.0424. The monoisotopic (exact) mass is 478 g/mol. The molecule has 1 saturated heterocycles. The molecule has 0 radical (unpaired) electrons. The molecule has 0 aliphatic carbocycles. The summed E-state index contributed by atoms with van der Waals surface area (Å²) in [5, 5.41) is 0. The molecule has 184 valence electrons. The molecule has 10 heteroatoms. The highest BCUT2D eigenvalue weighted by Crippen LogP contribution is 2.30. The second-order valence-electron chi connectivity index (χ2n) is 9.87. The van der Waals surface area contributed by atoms with Gasteiger partial charge in [-0.1, -0.05) is 12.1 Å². The van der Waals surface area contributed by atoms with Crippen molar-refractivity contribution in [3.8, 4) is 11.4 Å². The number of amides is 1. The molecule has 0 bridgehead atoms. The van der Waals surface area contributed by atoms with E-state index in [9.17, 15) is 22.8 Å². The molecule has 1 unspecified atom stereocenters. The zero-order chi connectivity index (χ0) is 24.7. The van der Waals surface area contributed by atoms with Gasteiger partial charge in [-0.2, -0.15) is 13.2 Å². The number of halogens is 3. The van der Waals surface area contributed by atoms with Gasteiger partial charge in [-0.05, 0) is 45.7 Å². The highest BCUT2D eigenvalue weighted by molar-refractivity contribution is 5.69. The van der Waals surface area contributed by atoms with Gasteiger partial charge in [-0.25, -0.2) is 9.78 Å². The number of H-pyrrole nitrogens is 1. The maximum atomic E-state index is 12.8. The quantitative estimate of drug-likeness (QED) is 0.715. The Morgan fingerprint density at radius 3 is 2.53 bits per heavy atom. The molecule has 0 spiro atoms. The number of likely N-dealkylation sites (tertiary alicyclic amines) is 1. The summed E-state index contributed by atoms with van der Waals surface area (Å²) in [6, 6.07) is 4.61. The molecule has 1 fully saturated rings. The molecule has 1 aromatic heterocycles. The molecule has 2 aromatic rings. The van der Waals surface area contributed by atoms with Crippen molar-refractivity contribution < 1.29 is 22.7 Å². The summed E-state index contributed by atoms with van der Waals surface area (Å²) in [6.45, 7) is 7.90. The Balaban J connectivity index is 1.46. The van der Waals surface area contributed by atoms with E-state index in [4.69, 9.17) is 4.74 Å². The molecule has 1 aromatic carbocycles. The van der Waals surface area contributed by atoms with E-state index >= 15 is 0 Å². The standard InChI is InChI=1S/C24H29F3N4O3/c1-23(2,3)34-22(33)31-11-4-5-17(31)13-30-12-10-19-18(14-30)21(32)29-20(28-19)15-6-8-16(9-7-15)24(25,26)27/h6-9,17H,4-5,10-14H2,1-3H3,(H,28,29,32). The summed E-state index contributed by atoms with van der Waals surface area (Å²) in [7, 11) is 0. The van der Waals surface area contributed by atoms with E-state index in [1.54, 1.807) is 4.90 Å². The van der Waals surface area contributed by atoms with Gasteiger partial charge in [-0.15, -0.1) is 0 Å². The number of hydrogen-bond acceptors (Lipinski definition) is 5. The molecular formula is C24H29F3N4O3. The van der Waals surface area contributed by atoms with Crippen molar-refractivity contribution in [1.82, 2.24) is 19.8 Å². The largest absolute Gasteiger partial charge is 0.444 e. The van der Waals surface area contributed by atoms with Gasteiger partial charge in [0.25, 0.3) is 5.56 Å². The summed E-state index contributed by atoms with van der Waals surface area (Å²) >= 11 is 0. The average molecular weight is 479 g/mol. The minimum absolute atomic E-state index is 0.0230. The smallest absolute Gasteiger partial charge is 0.416 e. The molecule has 1 N–H and O–H groups in total. The van der Waals surface area contributed by atoms with Crippen LogP contribution in [0.5, 0.6) is 0 Å². The highest BCUT2D eigenvalue weighted by atomic mass is 19.4. The molecule has 4 rings (SSSR count). The van der Waals surface area contributed by atoms with Crippen LogP contribution < -0.4 is 5.56 Å². The highest BCUT2D eigenvalue weighted by Gasteiger charge is 2.34. The molecular weight excluding hydrogens is 449 g/mol. The molecule has 2 aliphatic rings. The van der Waals surface area contributed by atoms with Crippen LogP contribution >= 0.6 is 0 Å². The Hall–Kier alpha value is -2.88. The second-order valence-corrected chi connectivity index (χ2v) is 9.87. The first kappa shape index (κ1) is 24.3. The maximum Gasteiger partial charge on any atom is 0.416 e. The molecule has 2 aliphatic heterocycles. The van der Waals surface area contributed by atoms with Crippen molar-refractivity contribution in [3.05, 3.63) is 51.4 Å². The number of benzene rings is 1. The number of alkyl halides is 3. The number of ether oxygens (including phenoxy) is 1. The number of carbonyl (C=O) groups is 1. The van der Waals surface area contributed by atoms with Gasteiger partial charge < -0.3 is 14.6 Å². The third-order valence-electron chi connectivity index (χ3n) is 6.11. The Kier molecular flexibility index (Phi) is 6.46. The van der Waals surface area contributed by atoms with E-state index < -0.39 is 17.3 Å². The van der Waals surface area contributed by atoms with Gasteiger partial charge in [0.2, 0.25) is 0 Å². The number of hydrogen-bond donors (Lipinski definition) is 1. The Morgan fingerprint density at radius 2 is 1.88 bits per heavy atom. The summed E-state index contributed by atoms with van der Waals surface area (Å²) in [6.07, 6.45) is -2.40. The van der Waals surface area contributed by atoms with Gasteiger partial charge in [0.1, 0.15) is 11.4 Å². The minimum Gasteiger partial charge on any atom is -0.444 e. The number of nitrogens with one attached hydrogen (secondary N) is 1. The predicted molar refractivity (Wildman–Crippen MR) is 120 cm³/mol. The molecule has 34 heavy (non-hydrogen) atoms. The molecule has 1 amide bonds. The van der Waals surface area contributed by atoms with Crippen LogP contribution in [0.15, 0.2) is 29.1 Å². The molecule has 3 heterocycles. The van der Waals surface area contributed by atoms with Gasteiger partial charge in [0, 0.05) is 44.2 Å². The maximum absolute atomic E-state index is 12.8. The van der Waals surface area contributed by atoms with Gasteiger partial charge in [0.05, 0.1) is 16.8 Å². The zero-order valence-electron chi connectivity index (χ0n) is 19.5. The summed E-state index contributed by atoms with van der Waals surface area (Å²) < 4.78 is 44.0. The van der Waals surface area contributed by atoms with Crippen molar-refractivity contribution in [2.24, 2.45) is 0 Å². The fourth-order valence-corrected chi connectivity index (χ4v) is 4.48. The third kappa shape index (κ3) is 5.43. The Morgan fingerprint density at radius 1 is 1.18 bits per heavy atom. The molecule has 7 nitrogen and oxygen atoms in total. The van der Waals surface area contributed by atoms with Crippen LogP contribution in [0.3, 0.4) is 0 Å². The van der Waals surface area contributed by atoms with Gasteiger partial charge in [0.15, 0.2) is 0 Å². The number of fused-ring (bicyclic) bond motifs is 1. The summed E-state index contributed by atoms with van der Waals surface area (Å²) in [4.78, 5) is 36.6. The van der Waals surface area contributed by atoms with Crippen LogP contribution in [-0.2, 0) is 23.9 Å². The van der Waals surface area contributed by atoms with E-state index in [1.807, 2.05) is 20.8 Å². The van der Waals surface area contributed by atoms with Gasteiger partial charge >= 0.3 is 12.3 Å². The second kappa shape index (κ2) is 9.05. The third-order valence-corrected chi connectivity index (χ3v) is 6.11. The summed E-state index contributed by atoms with van der Waals surface area (Å²) in [5.74, 6) is 0.262. The van der Waals surface area contributed by atoms with Crippen LogP contribution in [-0.4, -0.2) is 57.1 Å². The van der Waals surface area contributed by atoms with E-state index in [2.05, 4.69) is 14.9 Å². The number of nitrogens with zero attached hydrogens (tertiary/aromatic N) is 3. The number of aromatic nitrogens is 2. The predicted octanol–water partition coefficient (Wildman–Crippen LogP) is 4.21. The lowest BCUT2D eigenvalue weighted by Gasteiger charge is -2.34. The van der Waals surface area contributed by atoms with Gasteiger partial charge in [-0.3, -0.25) is 9.69 Å². The normalized spacial score (nSPS) is 19.2. The average Bonchev–Trinajstić information content (AvgIpc) is 3.21. The van der Waals surface area contributed by atoms with Crippen LogP contribution in [0, 0.1) is 0 Å². The van der Waals surface area contributed by atoms with Crippen molar-refractivity contribution in [3.63, 3.8) is 0 Å². The zero-order valence-corrected chi connectivity index (χ0v) is 19.5. The van der Waals surface area contributed by atoms with Crippen LogP contribution in [0.4, 0.5) is 18.0 Å². The number of aromatic amines is 1. The van der Waals surface area contributed by atoms with Crippen molar-refractivity contribution in [2.75, 3.05) is 19.6 Å². The number of carbonyl (C=O) groups excluding carboxylic acids is 1. The van der Waals surface area contributed by atoms with Crippen molar-refractivity contribution >= 4 is 6.09 Å². The van der Waals surface area contributed by atoms with E-state index in [1.165, 1.54) is 12.1 Å². The molecule has 0 saturated carbocycles. The first-order valence-electron chi connectivity index (χ1n) is 11.4. The minimum atomic E-state index is -4.42. The first-order valence-corrected chi connectivity index (χ1v) is 11.4. The van der Waals surface area contributed by atoms with Crippen molar-refractivity contribution in [2.45, 2.75) is 64.4 Å². The SMILES string of the molecule is CC(C)(C)OC(=O)N1CCCC1CN1CCc2nc(-c3ccc(C(F)(F)F)cc3)[nH]c(=O)c2C1. The van der Waals surface area contributed by atoms with Crippen LogP contribution in [0.1, 0.15) is 50.4 Å². The van der Waals surface area contributed by atoms with E-state index in [0.717, 1.165) is 25.0 Å². The van der Waals surface area contributed by atoms with Crippen LogP contribution in [0.25, 0.3) is 11.4 Å². The molecule has 1 atom stereocenters. The first-order chi connectivity index (χ1) is 15.9. The lowest BCUT2D eigenvalue weighted by molar-refractivity contribution is -0.137. The topological polar surface area (TPSA) is 78.5 Å². The van der Waals surface area contributed by atoms with Crippen LogP contribution in [0.2, 0.25) is 0 Å². The van der Waals surface area contributed by atoms with E-state index in [-0.39, 0.29) is 23.5 Å².